The zero-order valence-electron chi connectivity index (χ0n) is 10.6. The Morgan fingerprint density at radius 2 is 1.94 bits per heavy atom. The van der Waals surface area contributed by atoms with Crippen LogP contribution in [0.3, 0.4) is 0 Å². The molecule has 0 unspecified atom stereocenters. The van der Waals surface area contributed by atoms with Crippen molar-refractivity contribution in [2.24, 2.45) is 7.05 Å². The van der Waals surface area contributed by atoms with E-state index >= 15 is 0 Å². The Kier molecular flexibility index (Phi) is 3.06. The predicted octanol–water partition coefficient (Wildman–Crippen LogP) is 1.76. The van der Waals surface area contributed by atoms with Crippen LogP contribution in [0.5, 0.6) is 0 Å². The molecule has 2 N–H and O–H groups in total. The summed E-state index contributed by atoms with van der Waals surface area (Å²) in [5, 5.41) is 4.10. The van der Waals surface area contributed by atoms with E-state index in [4.69, 9.17) is 10.5 Å². The average molecular weight is 245 g/mol. The lowest BCUT2D eigenvalue weighted by Gasteiger charge is -2.03. The van der Waals surface area contributed by atoms with Crippen LogP contribution >= 0.6 is 0 Å². The molecule has 1 heterocycles. The molecule has 0 saturated carbocycles. The van der Waals surface area contributed by atoms with Crippen molar-refractivity contribution >= 4 is 11.8 Å². The van der Waals surface area contributed by atoms with Gasteiger partial charge in [0.1, 0.15) is 5.82 Å². The molecule has 18 heavy (non-hydrogen) atoms. The molecule has 5 nitrogen and oxygen atoms in total. The van der Waals surface area contributed by atoms with Gasteiger partial charge in [-0.1, -0.05) is 29.8 Å². The predicted molar refractivity (Wildman–Crippen MR) is 69.1 cm³/mol. The highest BCUT2D eigenvalue weighted by atomic mass is 16.5. The molecule has 0 aliphatic heterocycles. The van der Waals surface area contributed by atoms with Gasteiger partial charge in [-0.05, 0) is 12.5 Å². The van der Waals surface area contributed by atoms with Crippen LogP contribution in [0.1, 0.15) is 16.1 Å². The first kappa shape index (κ1) is 12.2. The molecule has 0 bridgehead atoms. The normalized spacial score (nSPS) is 10.4. The van der Waals surface area contributed by atoms with E-state index < -0.39 is 5.97 Å². The van der Waals surface area contributed by atoms with Crippen LogP contribution in [-0.2, 0) is 11.8 Å². The summed E-state index contributed by atoms with van der Waals surface area (Å²) in [4.78, 5) is 11.7. The van der Waals surface area contributed by atoms with E-state index in [1.54, 1.807) is 7.05 Å². The molecule has 0 spiro atoms. The number of carbonyl (C=O) groups is 1. The topological polar surface area (TPSA) is 70.1 Å². The van der Waals surface area contributed by atoms with Crippen molar-refractivity contribution in [1.82, 2.24) is 9.78 Å². The van der Waals surface area contributed by atoms with Gasteiger partial charge in [0.2, 0.25) is 0 Å². The fourth-order valence-corrected chi connectivity index (χ4v) is 1.78. The smallest absolute Gasteiger partial charge is 0.359 e. The quantitative estimate of drug-likeness (QED) is 0.818. The highest BCUT2D eigenvalue weighted by Crippen LogP contribution is 2.29. The molecular formula is C13H15N3O2. The molecule has 0 aliphatic carbocycles. The number of anilines is 1. The first-order valence-electron chi connectivity index (χ1n) is 5.52. The first-order chi connectivity index (χ1) is 8.54. The second-order valence-corrected chi connectivity index (χ2v) is 4.09. The van der Waals surface area contributed by atoms with Crippen LogP contribution in [0.4, 0.5) is 5.82 Å². The molecule has 0 radical (unpaired) electrons. The van der Waals surface area contributed by atoms with E-state index in [0.29, 0.717) is 11.4 Å². The Morgan fingerprint density at radius 3 is 2.50 bits per heavy atom. The number of esters is 1. The summed E-state index contributed by atoms with van der Waals surface area (Å²) >= 11 is 0. The fraction of sp³-hybridized carbons (Fsp3) is 0.231. The van der Waals surface area contributed by atoms with Crippen LogP contribution in [0.15, 0.2) is 24.3 Å². The summed E-state index contributed by atoms with van der Waals surface area (Å²) in [7, 11) is 3.02. The number of nitrogens with two attached hydrogens (primary N) is 1. The minimum atomic E-state index is -0.488. The summed E-state index contributed by atoms with van der Waals surface area (Å²) in [5.74, 6) is -0.0443. The number of aryl methyl sites for hydroxylation is 2. The van der Waals surface area contributed by atoms with Crippen molar-refractivity contribution in [3.63, 3.8) is 0 Å². The number of nitrogen functional groups attached to an aromatic ring is 1. The zero-order chi connectivity index (χ0) is 13.3. The van der Waals surface area contributed by atoms with E-state index in [1.807, 2.05) is 31.2 Å². The van der Waals surface area contributed by atoms with Crippen molar-refractivity contribution in [3.05, 3.63) is 35.5 Å². The monoisotopic (exact) mass is 245 g/mol. The number of nitrogens with zero attached hydrogens (tertiary/aromatic N) is 2. The van der Waals surface area contributed by atoms with E-state index in [-0.39, 0.29) is 5.69 Å². The molecule has 0 aliphatic rings. The minimum absolute atomic E-state index is 0.237. The molecule has 94 valence electrons. The van der Waals surface area contributed by atoms with Crippen molar-refractivity contribution < 1.29 is 9.53 Å². The summed E-state index contributed by atoms with van der Waals surface area (Å²) in [6.07, 6.45) is 0. The third-order valence-corrected chi connectivity index (χ3v) is 2.81. The minimum Gasteiger partial charge on any atom is -0.464 e. The van der Waals surface area contributed by atoms with E-state index in [0.717, 1.165) is 11.1 Å². The van der Waals surface area contributed by atoms with Crippen molar-refractivity contribution in [2.75, 3.05) is 12.8 Å². The SMILES string of the molecule is COC(=O)c1nn(C)c(N)c1-c1ccc(C)cc1. The third-order valence-electron chi connectivity index (χ3n) is 2.81. The summed E-state index contributed by atoms with van der Waals surface area (Å²) < 4.78 is 6.19. The number of rotatable bonds is 2. The number of hydrogen-bond donors (Lipinski definition) is 1. The van der Waals surface area contributed by atoms with Gasteiger partial charge in [0.15, 0.2) is 5.69 Å². The zero-order valence-corrected chi connectivity index (χ0v) is 10.6. The molecule has 0 atom stereocenters. The molecule has 2 rings (SSSR count). The Hall–Kier alpha value is -2.30. The van der Waals surface area contributed by atoms with Crippen LogP contribution in [0.2, 0.25) is 0 Å². The lowest BCUT2D eigenvalue weighted by molar-refractivity contribution is 0.0594. The number of benzene rings is 1. The molecule has 5 heteroatoms. The second kappa shape index (κ2) is 4.52. The summed E-state index contributed by atoms with van der Waals surface area (Å²) in [6, 6.07) is 7.75. The van der Waals surface area contributed by atoms with Gasteiger partial charge in [0.25, 0.3) is 0 Å². The standard InChI is InChI=1S/C13H15N3O2/c1-8-4-6-9(7-5-8)10-11(13(17)18-3)15-16(2)12(10)14/h4-7H,14H2,1-3H3. The van der Waals surface area contributed by atoms with E-state index in [9.17, 15) is 4.79 Å². The number of ether oxygens (including phenoxy) is 1. The lowest BCUT2D eigenvalue weighted by Crippen LogP contribution is -2.04. The molecular weight excluding hydrogens is 230 g/mol. The Balaban J connectivity index is 2.62. The first-order valence-corrected chi connectivity index (χ1v) is 5.52. The van der Waals surface area contributed by atoms with E-state index in [2.05, 4.69) is 5.10 Å². The molecule has 2 aromatic rings. The Labute approximate surface area is 105 Å². The molecule has 1 aromatic carbocycles. The van der Waals surface area contributed by atoms with Crippen molar-refractivity contribution in [3.8, 4) is 11.1 Å². The van der Waals surface area contributed by atoms with Gasteiger partial charge in [0, 0.05) is 7.05 Å². The fourth-order valence-electron chi connectivity index (χ4n) is 1.78. The van der Waals surface area contributed by atoms with Gasteiger partial charge in [0.05, 0.1) is 12.7 Å². The summed E-state index contributed by atoms with van der Waals surface area (Å²) in [6.45, 7) is 2.00. The number of methoxy groups -OCH3 is 1. The maximum Gasteiger partial charge on any atom is 0.359 e. The van der Waals surface area contributed by atoms with Crippen LogP contribution in [0, 0.1) is 6.92 Å². The highest BCUT2D eigenvalue weighted by Gasteiger charge is 2.21. The number of hydrogen-bond acceptors (Lipinski definition) is 4. The van der Waals surface area contributed by atoms with Crippen LogP contribution < -0.4 is 5.73 Å². The van der Waals surface area contributed by atoms with Gasteiger partial charge < -0.3 is 10.5 Å². The Morgan fingerprint density at radius 1 is 1.33 bits per heavy atom. The third kappa shape index (κ3) is 1.95. The second-order valence-electron chi connectivity index (χ2n) is 4.09. The molecule has 0 fully saturated rings. The van der Waals surface area contributed by atoms with Gasteiger partial charge >= 0.3 is 5.97 Å². The van der Waals surface area contributed by atoms with Crippen molar-refractivity contribution in [1.29, 1.82) is 0 Å². The molecule has 1 aromatic heterocycles. The van der Waals surface area contributed by atoms with Gasteiger partial charge in [-0.25, -0.2) is 4.79 Å². The highest BCUT2D eigenvalue weighted by molar-refractivity contribution is 5.98. The molecule has 0 saturated heterocycles. The van der Waals surface area contributed by atoms with Crippen LogP contribution in [0.25, 0.3) is 11.1 Å². The largest absolute Gasteiger partial charge is 0.464 e. The summed E-state index contributed by atoms with van der Waals surface area (Å²) in [5.41, 5.74) is 8.80. The number of aromatic nitrogens is 2. The maximum atomic E-state index is 11.7. The number of carbonyl (C=O) groups excluding carboxylic acids is 1. The molecule has 0 amide bonds. The van der Waals surface area contributed by atoms with Crippen molar-refractivity contribution in [2.45, 2.75) is 6.92 Å². The average Bonchev–Trinajstić information content (AvgIpc) is 2.66. The lowest BCUT2D eigenvalue weighted by atomic mass is 10.0. The Bertz CT molecular complexity index is 585. The van der Waals surface area contributed by atoms with Crippen LogP contribution in [-0.4, -0.2) is 22.9 Å². The van der Waals surface area contributed by atoms with E-state index in [1.165, 1.54) is 11.8 Å². The van der Waals surface area contributed by atoms with Gasteiger partial charge in [-0.3, -0.25) is 4.68 Å². The van der Waals surface area contributed by atoms with Gasteiger partial charge in [-0.15, -0.1) is 0 Å². The maximum absolute atomic E-state index is 11.7. The van der Waals surface area contributed by atoms with Gasteiger partial charge in [-0.2, -0.15) is 5.10 Å².